The van der Waals surface area contributed by atoms with Crippen molar-refractivity contribution < 1.29 is 9.53 Å². The molecule has 1 amide bonds. The van der Waals surface area contributed by atoms with Gasteiger partial charge in [0.25, 0.3) is 5.91 Å². The Hall–Kier alpha value is -1.81. The van der Waals surface area contributed by atoms with E-state index in [0.29, 0.717) is 12.1 Å². The van der Waals surface area contributed by atoms with E-state index in [-0.39, 0.29) is 12.0 Å². The summed E-state index contributed by atoms with van der Waals surface area (Å²) < 4.78 is 6.66. The maximum absolute atomic E-state index is 12.0. The molecule has 2 aromatic rings. The lowest BCUT2D eigenvalue weighted by atomic mass is 10.1. The predicted octanol–water partition coefficient (Wildman–Crippen LogP) is 4.60. The van der Waals surface area contributed by atoms with Crippen LogP contribution in [-0.4, -0.2) is 18.6 Å². The topological polar surface area (TPSA) is 38.3 Å². The lowest BCUT2D eigenvalue weighted by molar-refractivity contribution is 0.0953. The van der Waals surface area contributed by atoms with Gasteiger partial charge in [0.05, 0.1) is 6.10 Å². The molecule has 0 aliphatic rings. The third kappa shape index (κ3) is 6.06. The number of ether oxygens (including phenoxy) is 1. The van der Waals surface area contributed by atoms with Crippen molar-refractivity contribution in [3.05, 3.63) is 64.1 Å². The molecule has 122 valence electrons. The van der Waals surface area contributed by atoms with Crippen molar-refractivity contribution in [3.63, 3.8) is 0 Å². The van der Waals surface area contributed by atoms with Gasteiger partial charge in [0, 0.05) is 16.6 Å². The Morgan fingerprint density at radius 1 is 1.17 bits per heavy atom. The van der Waals surface area contributed by atoms with Crippen molar-refractivity contribution in [2.45, 2.75) is 32.8 Å². The average molecular weight is 376 g/mol. The molecule has 1 N–H and O–H groups in total. The van der Waals surface area contributed by atoms with Crippen LogP contribution in [0.1, 0.15) is 36.2 Å². The number of aryl methyl sites for hydroxylation is 1. The molecule has 3 nitrogen and oxygen atoms in total. The van der Waals surface area contributed by atoms with Gasteiger partial charge in [-0.3, -0.25) is 4.79 Å². The van der Waals surface area contributed by atoms with Crippen molar-refractivity contribution in [3.8, 4) is 5.75 Å². The van der Waals surface area contributed by atoms with Crippen molar-refractivity contribution in [2.75, 3.05) is 6.54 Å². The molecule has 0 unspecified atom stereocenters. The zero-order valence-corrected chi connectivity index (χ0v) is 15.1. The lowest BCUT2D eigenvalue weighted by Crippen LogP contribution is -2.24. The van der Waals surface area contributed by atoms with Crippen molar-refractivity contribution in [1.29, 1.82) is 0 Å². The Balaban J connectivity index is 1.77. The first-order valence-corrected chi connectivity index (χ1v) is 8.63. The number of carbonyl (C=O) groups is 1. The van der Waals surface area contributed by atoms with Gasteiger partial charge < -0.3 is 10.1 Å². The number of hydrogen-bond donors (Lipinski definition) is 1. The van der Waals surface area contributed by atoms with E-state index in [0.717, 1.165) is 23.1 Å². The average Bonchev–Trinajstić information content (AvgIpc) is 2.52. The van der Waals surface area contributed by atoms with Gasteiger partial charge in [0.15, 0.2) is 0 Å². The highest BCUT2D eigenvalue weighted by molar-refractivity contribution is 9.10. The molecule has 0 heterocycles. The Bertz CT molecular complexity index is 638. The van der Waals surface area contributed by atoms with Crippen molar-refractivity contribution >= 4 is 21.8 Å². The smallest absolute Gasteiger partial charge is 0.251 e. The van der Waals surface area contributed by atoms with Gasteiger partial charge >= 0.3 is 0 Å². The number of benzene rings is 2. The third-order valence-corrected chi connectivity index (χ3v) is 3.83. The van der Waals surface area contributed by atoms with Crippen LogP contribution < -0.4 is 10.1 Å². The quantitative estimate of drug-likeness (QED) is 0.718. The fourth-order valence-electron chi connectivity index (χ4n) is 2.24. The summed E-state index contributed by atoms with van der Waals surface area (Å²) in [4.78, 5) is 12.0. The van der Waals surface area contributed by atoms with Crippen molar-refractivity contribution in [1.82, 2.24) is 5.32 Å². The molecule has 2 aromatic carbocycles. The molecular formula is C19H22BrNO2. The first-order chi connectivity index (χ1) is 11.0. The number of carbonyl (C=O) groups excluding carboxylic acids is 1. The second-order valence-corrected chi connectivity index (χ2v) is 6.60. The fraction of sp³-hybridized carbons (Fsp3) is 0.316. The number of halogens is 1. The standard InChI is InChI=1S/C19H22BrNO2/c1-14(2)23-18-7-3-5-15(13-18)6-4-12-21-19(22)16-8-10-17(20)11-9-16/h3,5,7-11,13-14H,4,6,12H2,1-2H3,(H,21,22). The molecule has 0 spiro atoms. The van der Waals surface area contributed by atoms with Crippen LogP contribution in [0.3, 0.4) is 0 Å². The molecule has 0 radical (unpaired) electrons. The predicted molar refractivity (Wildman–Crippen MR) is 97.0 cm³/mol. The van der Waals surface area contributed by atoms with Crippen LogP contribution >= 0.6 is 15.9 Å². The van der Waals surface area contributed by atoms with Gasteiger partial charge in [0.2, 0.25) is 0 Å². The molecule has 2 rings (SSSR count). The van der Waals surface area contributed by atoms with Crippen LogP contribution in [0.4, 0.5) is 0 Å². The SMILES string of the molecule is CC(C)Oc1cccc(CCCNC(=O)c2ccc(Br)cc2)c1. The Morgan fingerprint density at radius 3 is 2.61 bits per heavy atom. The number of hydrogen-bond acceptors (Lipinski definition) is 2. The van der Waals surface area contributed by atoms with E-state index in [4.69, 9.17) is 4.74 Å². The van der Waals surface area contributed by atoms with E-state index in [9.17, 15) is 4.79 Å². The first kappa shape index (κ1) is 17.5. The van der Waals surface area contributed by atoms with Crippen LogP contribution in [-0.2, 0) is 6.42 Å². The largest absolute Gasteiger partial charge is 0.491 e. The normalized spacial score (nSPS) is 10.6. The molecule has 0 aliphatic carbocycles. The maximum atomic E-state index is 12.0. The summed E-state index contributed by atoms with van der Waals surface area (Å²) in [5.41, 5.74) is 1.90. The van der Waals surface area contributed by atoms with Gasteiger partial charge in [-0.2, -0.15) is 0 Å². The zero-order valence-electron chi connectivity index (χ0n) is 13.5. The summed E-state index contributed by atoms with van der Waals surface area (Å²) in [6, 6.07) is 15.5. The second-order valence-electron chi connectivity index (χ2n) is 5.68. The van der Waals surface area contributed by atoms with Crippen LogP contribution in [0.25, 0.3) is 0 Å². The zero-order chi connectivity index (χ0) is 16.7. The van der Waals surface area contributed by atoms with Gasteiger partial charge in [-0.25, -0.2) is 0 Å². The van der Waals surface area contributed by atoms with Crippen molar-refractivity contribution in [2.24, 2.45) is 0 Å². The molecule has 0 saturated carbocycles. The highest BCUT2D eigenvalue weighted by Crippen LogP contribution is 2.16. The van der Waals surface area contributed by atoms with E-state index in [2.05, 4.69) is 33.4 Å². The Morgan fingerprint density at radius 2 is 1.91 bits per heavy atom. The van der Waals surface area contributed by atoms with Crippen LogP contribution in [0, 0.1) is 0 Å². The molecule has 0 aromatic heterocycles. The minimum Gasteiger partial charge on any atom is -0.491 e. The van der Waals surface area contributed by atoms with Crippen LogP contribution in [0.2, 0.25) is 0 Å². The summed E-state index contributed by atoms with van der Waals surface area (Å²) in [5, 5.41) is 2.95. The van der Waals surface area contributed by atoms with E-state index in [1.54, 1.807) is 0 Å². The molecule has 0 saturated heterocycles. The Labute approximate surface area is 146 Å². The number of rotatable bonds is 7. The molecule has 0 bridgehead atoms. The van der Waals surface area contributed by atoms with Gasteiger partial charge in [-0.15, -0.1) is 0 Å². The summed E-state index contributed by atoms with van der Waals surface area (Å²) in [6.07, 6.45) is 1.99. The van der Waals surface area contributed by atoms with Gasteiger partial charge in [0.1, 0.15) is 5.75 Å². The highest BCUT2D eigenvalue weighted by atomic mass is 79.9. The third-order valence-electron chi connectivity index (χ3n) is 3.30. The first-order valence-electron chi connectivity index (χ1n) is 7.84. The highest BCUT2D eigenvalue weighted by Gasteiger charge is 2.04. The molecular weight excluding hydrogens is 354 g/mol. The molecule has 0 fully saturated rings. The molecule has 4 heteroatoms. The monoisotopic (exact) mass is 375 g/mol. The lowest BCUT2D eigenvalue weighted by Gasteiger charge is -2.11. The van der Waals surface area contributed by atoms with E-state index >= 15 is 0 Å². The van der Waals surface area contributed by atoms with Crippen LogP contribution in [0.15, 0.2) is 53.0 Å². The second kappa shape index (κ2) is 8.73. The maximum Gasteiger partial charge on any atom is 0.251 e. The minimum absolute atomic E-state index is 0.0330. The molecule has 0 aliphatic heterocycles. The van der Waals surface area contributed by atoms with E-state index in [1.165, 1.54) is 5.56 Å². The number of amides is 1. The van der Waals surface area contributed by atoms with Gasteiger partial charge in [-0.05, 0) is 68.7 Å². The summed E-state index contributed by atoms with van der Waals surface area (Å²) in [7, 11) is 0. The van der Waals surface area contributed by atoms with Crippen LogP contribution in [0.5, 0.6) is 5.75 Å². The number of nitrogens with one attached hydrogen (secondary N) is 1. The van der Waals surface area contributed by atoms with E-state index < -0.39 is 0 Å². The molecule has 0 atom stereocenters. The summed E-state index contributed by atoms with van der Waals surface area (Å²) >= 11 is 3.36. The fourth-order valence-corrected chi connectivity index (χ4v) is 2.51. The summed E-state index contributed by atoms with van der Waals surface area (Å²) in [6.45, 7) is 4.69. The Kier molecular flexibility index (Phi) is 6.66. The van der Waals surface area contributed by atoms with Gasteiger partial charge in [-0.1, -0.05) is 28.1 Å². The van der Waals surface area contributed by atoms with E-state index in [1.807, 2.05) is 50.2 Å². The molecule has 23 heavy (non-hydrogen) atoms. The minimum atomic E-state index is -0.0330. The summed E-state index contributed by atoms with van der Waals surface area (Å²) in [5.74, 6) is 0.866.